The van der Waals surface area contributed by atoms with Gasteiger partial charge in [-0.15, -0.1) is 0 Å². The minimum Gasteiger partial charge on any atom is -0.394 e. The normalized spacial score (nSPS) is 18.8. The summed E-state index contributed by atoms with van der Waals surface area (Å²) < 4.78 is 11.3. The molecule has 7 unspecified atom stereocenters. The van der Waals surface area contributed by atoms with E-state index in [1.807, 2.05) is 6.08 Å². The van der Waals surface area contributed by atoms with Gasteiger partial charge in [0, 0.05) is 6.42 Å². The van der Waals surface area contributed by atoms with E-state index < -0.39 is 49.5 Å². The second-order valence-electron chi connectivity index (χ2n) is 24.6. The van der Waals surface area contributed by atoms with Crippen LogP contribution in [0.1, 0.15) is 296 Å². The fourth-order valence-corrected chi connectivity index (χ4v) is 10.7. The van der Waals surface area contributed by atoms with Crippen molar-refractivity contribution in [3.05, 3.63) is 146 Å². The molecule has 0 radical (unpaired) electrons. The third kappa shape index (κ3) is 55.4. The van der Waals surface area contributed by atoms with Gasteiger partial charge in [-0.1, -0.05) is 327 Å². The number of nitrogens with one attached hydrogen (secondary N) is 1. The van der Waals surface area contributed by atoms with Gasteiger partial charge >= 0.3 is 0 Å². The van der Waals surface area contributed by atoms with Gasteiger partial charge in [-0.05, 0) is 109 Å². The number of hydrogen-bond donors (Lipinski definition) is 6. The molecule has 7 atom stereocenters. The Morgan fingerprint density at radius 3 is 1.08 bits per heavy atom. The van der Waals surface area contributed by atoms with Crippen molar-refractivity contribution in [1.29, 1.82) is 0 Å². The van der Waals surface area contributed by atoms with E-state index in [0.29, 0.717) is 6.42 Å². The number of carbonyl (C=O) groups is 1. The van der Waals surface area contributed by atoms with Crippen molar-refractivity contribution in [2.45, 2.75) is 339 Å². The minimum atomic E-state index is -1.59. The molecule has 1 heterocycles. The Labute approximate surface area is 546 Å². The summed E-state index contributed by atoms with van der Waals surface area (Å²) in [6.07, 6.45) is 96.8. The van der Waals surface area contributed by atoms with Crippen LogP contribution < -0.4 is 5.32 Å². The molecule has 1 rings (SSSR count). The number of unbranched alkanes of at least 4 members (excludes halogenated alkanes) is 30. The summed E-state index contributed by atoms with van der Waals surface area (Å²) in [5.41, 5.74) is 0. The molecule has 0 aromatic rings. The first-order valence-electron chi connectivity index (χ1n) is 36.6. The van der Waals surface area contributed by atoms with Crippen molar-refractivity contribution >= 4 is 5.91 Å². The molecule has 1 amide bonds. The van der Waals surface area contributed by atoms with Gasteiger partial charge in [0.15, 0.2) is 6.29 Å². The fraction of sp³-hybridized carbons (Fsp3) is 0.688. The molecule has 89 heavy (non-hydrogen) atoms. The van der Waals surface area contributed by atoms with Gasteiger partial charge < -0.3 is 40.3 Å². The number of aliphatic hydroxyl groups excluding tert-OH is 5. The molecular weight excluding hydrogens is 1100 g/mol. The van der Waals surface area contributed by atoms with E-state index in [-0.39, 0.29) is 18.9 Å². The van der Waals surface area contributed by atoms with Gasteiger partial charge in [-0.25, -0.2) is 0 Å². The summed E-state index contributed by atoms with van der Waals surface area (Å²) in [6.45, 7) is 3.64. The van der Waals surface area contributed by atoms with Crippen LogP contribution in [0.4, 0.5) is 0 Å². The van der Waals surface area contributed by atoms with Gasteiger partial charge in [-0.3, -0.25) is 4.79 Å². The van der Waals surface area contributed by atoms with Gasteiger partial charge in [0.05, 0.1) is 25.4 Å². The third-order valence-corrected chi connectivity index (χ3v) is 16.4. The second kappa shape index (κ2) is 67.0. The zero-order valence-electron chi connectivity index (χ0n) is 56.9. The Hall–Kier alpha value is -3.93. The lowest BCUT2D eigenvalue weighted by Crippen LogP contribution is -2.60. The zero-order chi connectivity index (χ0) is 64.2. The number of carbonyl (C=O) groups excluding carboxylic acids is 1. The fourth-order valence-electron chi connectivity index (χ4n) is 10.7. The topological polar surface area (TPSA) is 149 Å². The van der Waals surface area contributed by atoms with Crippen molar-refractivity contribution in [2.24, 2.45) is 0 Å². The maximum Gasteiger partial charge on any atom is 0.220 e. The van der Waals surface area contributed by atoms with Crippen LogP contribution in [0, 0.1) is 0 Å². The number of aliphatic hydroxyl groups is 5. The molecule has 1 aliphatic rings. The predicted octanol–water partition coefficient (Wildman–Crippen LogP) is 20.5. The van der Waals surface area contributed by atoms with Crippen LogP contribution in [0.3, 0.4) is 0 Å². The minimum absolute atomic E-state index is 0.228. The maximum absolute atomic E-state index is 13.1. The Balaban J connectivity index is 2.21. The van der Waals surface area contributed by atoms with Gasteiger partial charge in [-0.2, -0.15) is 0 Å². The maximum atomic E-state index is 13.1. The molecule has 0 saturated carbocycles. The number of allylic oxidation sites excluding steroid dienone is 23. The summed E-state index contributed by atoms with van der Waals surface area (Å²) in [7, 11) is 0. The van der Waals surface area contributed by atoms with Crippen LogP contribution in [0.5, 0.6) is 0 Å². The van der Waals surface area contributed by atoms with E-state index in [1.165, 1.54) is 173 Å². The van der Waals surface area contributed by atoms with Crippen molar-refractivity contribution in [3.63, 3.8) is 0 Å². The average Bonchev–Trinajstić information content (AvgIpc) is 2.28. The smallest absolute Gasteiger partial charge is 0.220 e. The monoisotopic (exact) mass is 1240 g/mol. The first-order chi connectivity index (χ1) is 43.8. The second-order valence-corrected chi connectivity index (χ2v) is 24.6. The first-order valence-corrected chi connectivity index (χ1v) is 36.6. The molecule has 9 nitrogen and oxygen atoms in total. The Kier molecular flexibility index (Phi) is 62.5. The number of hydrogen-bond acceptors (Lipinski definition) is 8. The summed E-state index contributed by atoms with van der Waals surface area (Å²) in [6, 6.07) is -0.859. The molecule has 6 N–H and O–H groups in total. The Morgan fingerprint density at radius 1 is 0.393 bits per heavy atom. The van der Waals surface area contributed by atoms with E-state index in [0.717, 1.165) is 96.3 Å². The van der Waals surface area contributed by atoms with Gasteiger partial charge in [0.1, 0.15) is 24.4 Å². The lowest BCUT2D eigenvalue weighted by atomic mass is 9.99. The molecule has 9 heteroatoms. The van der Waals surface area contributed by atoms with Crippen LogP contribution in [0.15, 0.2) is 146 Å². The number of rotatable bonds is 62. The van der Waals surface area contributed by atoms with E-state index in [4.69, 9.17) is 9.47 Å². The molecule has 1 fully saturated rings. The van der Waals surface area contributed by atoms with Crippen molar-refractivity contribution in [2.75, 3.05) is 13.2 Å². The highest BCUT2D eigenvalue weighted by molar-refractivity contribution is 5.76. The quantitative estimate of drug-likeness (QED) is 0.0261. The third-order valence-electron chi connectivity index (χ3n) is 16.4. The lowest BCUT2D eigenvalue weighted by molar-refractivity contribution is -0.302. The molecule has 0 bridgehead atoms. The summed E-state index contributed by atoms with van der Waals surface area (Å²) in [5, 5.41) is 54.7. The molecule has 508 valence electrons. The zero-order valence-corrected chi connectivity index (χ0v) is 56.9. The highest BCUT2D eigenvalue weighted by Gasteiger charge is 2.44. The van der Waals surface area contributed by atoms with Crippen molar-refractivity contribution in [3.8, 4) is 0 Å². The van der Waals surface area contributed by atoms with E-state index in [1.54, 1.807) is 6.08 Å². The highest BCUT2D eigenvalue weighted by Crippen LogP contribution is 2.23. The number of ether oxygens (including phenoxy) is 2. The summed E-state index contributed by atoms with van der Waals surface area (Å²) in [4.78, 5) is 13.1. The van der Waals surface area contributed by atoms with E-state index >= 15 is 0 Å². The van der Waals surface area contributed by atoms with Gasteiger partial charge in [0.25, 0.3) is 0 Å². The van der Waals surface area contributed by atoms with E-state index in [9.17, 15) is 30.3 Å². The largest absolute Gasteiger partial charge is 0.394 e. The molecule has 1 saturated heterocycles. The van der Waals surface area contributed by atoms with Crippen molar-refractivity contribution in [1.82, 2.24) is 5.32 Å². The van der Waals surface area contributed by atoms with Crippen LogP contribution in [0.25, 0.3) is 0 Å². The summed E-state index contributed by atoms with van der Waals surface area (Å²) in [5.74, 6) is -0.232. The average molecular weight is 1240 g/mol. The van der Waals surface area contributed by atoms with Crippen molar-refractivity contribution < 1.29 is 39.8 Å². The Bertz CT molecular complexity index is 1920. The van der Waals surface area contributed by atoms with Crippen LogP contribution in [-0.4, -0.2) is 87.5 Å². The molecule has 0 spiro atoms. The SMILES string of the molecule is CC/C=C\C/C=C\C/C=C\C/C=C\C/C=C\C/C=C\C/C=C\C/C=C\C/C=C\C/C=C\CCCCC(=O)NC(COC1OC(CO)C(O)C(O)C1O)C(O)/C=C/CC/C=C/CCCCCCCCCCCCCCCCCCCCCCCCCCCCC. The number of amides is 1. The van der Waals surface area contributed by atoms with Crippen LogP contribution in [-0.2, 0) is 14.3 Å². The molecule has 0 aromatic heterocycles. The van der Waals surface area contributed by atoms with Crippen LogP contribution in [0.2, 0.25) is 0 Å². The predicted molar refractivity (Wildman–Crippen MR) is 382 cm³/mol. The standard InChI is InChI=1S/C80H135NO8/c1-3-5-7-9-11-13-15-17-19-21-23-25-27-29-31-33-35-37-39-41-43-45-47-49-51-53-55-57-59-61-63-65-67-69-74(83)73(72-88-80-79(87)78(86)77(85)75(71-82)89-80)81-76(84)70-68-66-64-62-60-58-56-54-52-50-48-46-44-42-40-38-36-34-32-30-28-26-24-22-20-18-16-14-12-10-8-6-4-2/h6,8,12,14,18,20,24,26,30,32,36,38,42,44,48,50,54,56,59-62,67,69,73-75,77-80,82-83,85-87H,3-5,7,9-11,13,15-17,19,21-23,25,27-29,31,33-35,37,39-41,43,45-47,49,51-53,55,57-58,63-66,68,70-72H2,1-2H3,(H,81,84)/b8-6-,14-12-,20-18-,26-24-,32-30-,38-36-,44-42-,50-48-,56-54-,61-59+,62-60-,69-67+. The molecule has 1 aliphatic heterocycles. The lowest BCUT2D eigenvalue weighted by Gasteiger charge is -2.40. The van der Waals surface area contributed by atoms with Gasteiger partial charge in [0.2, 0.25) is 5.91 Å². The first kappa shape index (κ1) is 83.1. The molecule has 0 aromatic carbocycles. The Morgan fingerprint density at radius 2 is 0.708 bits per heavy atom. The molecular formula is C80H135NO8. The summed E-state index contributed by atoms with van der Waals surface area (Å²) >= 11 is 0. The molecule has 0 aliphatic carbocycles. The van der Waals surface area contributed by atoms with Crippen LogP contribution >= 0.6 is 0 Å². The highest BCUT2D eigenvalue weighted by atomic mass is 16.7. The van der Waals surface area contributed by atoms with E-state index in [2.05, 4.69) is 153 Å².